The van der Waals surface area contributed by atoms with E-state index in [0.717, 1.165) is 18.7 Å². The maximum atomic E-state index is 5.88. The fraction of sp³-hybridized carbons (Fsp3) is 0.562. The van der Waals surface area contributed by atoms with Crippen LogP contribution in [0.2, 0.25) is 0 Å². The highest BCUT2D eigenvalue weighted by molar-refractivity contribution is 7.80. The zero-order chi connectivity index (χ0) is 14.3. The Balaban J connectivity index is 3.02. The van der Waals surface area contributed by atoms with Gasteiger partial charge in [-0.3, -0.25) is 0 Å². The smallest absolute Gasteiger partial charge is 0.106 e. The Morgan fingerprint density at radius 1 is 1.16 bits per heavy atom. The molecular formula is C16H26N2S. The van der Waals surface area contributed by atoms with Crippen LogP contribution in [0.1, 0.15) is 50.7 Å². The number of hydrogen-bond donors (Lipinski definition) is 1. The first-order chi connectivity index (χ1) is 9.10. The van der Waals surface area contributed by atoms with Gasteiger partial charge in [0, 0.05) is 24.3 Å². The van der Waals surface area contributed by atoms with Gasteiger partial charge < -0.3 is 10.6 Å². The molecule has 0 saturated heterocycles. The van der Waals surface area contributed by atoms with E-state index in [1.54, 1.807) is 0 Å². The Kier molecular flexibility index (Phi) is 6.85. The highest BCUT2D eigenvalue weighted by Gasteiger charge is 2.12. The molecule has 0 atom stereocenters. The van der Waals surface area contributed by atoms with Crippen LogP contribution in [0.25, 0.3) is 0 Å². The molecule has 1 aromatic carbocycles. The first-order valence-electron chi connectivity index (χ1n) is 7.25. The zero-order valence-electron chi connectivity index (χ0n) is 12.4. The molecule has 0 radical (unpaired) electrons. The summed E-state index contributed by atoms with van der Waals surface area (Å²) >= 11 is 5.20. The summed E-state index contributed by atoms with van der Waals surface area (Å²) in [5, 5.41) is 0. The molecule has 0 aliphatic carbocycles. The minimum atomic E-state index is 0.497. The summed E-state index contributed by atoms with van der Waals surface area (Å²) in [6.07, 6.45) is 4.82. The molecule has 0 amide bonds. The highest BCUT2D eigenvalue weighted by Crippen LogP contribution is 2.23. The lowest BCUT2D eigenvalue weighted by molar-refractivity contribution is 0.677. The number of unbranched alkanes of at least 4 members (excludes halogenated alkanes) is 2. The van der Waals surface area contributed by atoms with E-state index in [0.29, 0.717) is 4.99 Å². The Bertz CT molecular complexity index is 407. The van der Waals surface area contributed by atoms with Crippen molar-refractivity contribution in [3.63, 3.8) is 0 Å². The van der Waals surface area contributed by atoms with Crippen molar-refractivity contribution in [1.29, 1.82) is 0 Å². The van der Waals surface area contributed by atoms with Gasteiger partial charge in [-0.05, 0) is 31.9 Å². The van der Waals surface area contributed by atoms with Crippen molar-refractivity contribution in [2.75, 3.05) is 18.0 Å². The third-order valence-corrected chi connectivity index (χ3v) is 3.54. The molecule has 2 nitrogen and oxygen atoms in total. The van der Waals surface area contributed by atoms with Crippen LogP contribution in [0.5, 0.6) is 0 Å². The van der Waals surface area contributed by atoms with Crippen LogP contribution < -0.4 is 10.6 Å². The van der Waals surface area contributed by atoms with Crippen molar-refractivity contribution >= 4 is 22.9 Å². The SMILES string of the molecule is CCCCN(CCCC)c1ccc(C)cc1C(N)=S. The van der Waals surface area contributed by atoms with Gasteiger partial charge in [0.25, 0.3) is 0 Å². The standard InChI is InChI=1S/C16H26N2S/c1-4-6-10-18(11-7-5-2)15-9-8-13(3)12-14(15)16(17)19/h8-9,12H,4-7,10-11H2,1-3H3,(H2,17,19). The summed E-state index contributed by atoms with van der Waals surface area (Å²) in [6, 6.07) is 6.40. The molecule has 0 spiro atoms. The summed E-state index contributed by atoms with van der Waals surface area (Å²) in [6.45, 7) is 8.68. The zero-order valence-corrected chi connectivity index (χ0v) is 13.2. The van der Waals surface area contributed by atoms with E-state index < -0.39 is 0 Å². The molecule has 0 aliphatic rings. The molecule has 19 heavy (non-hydrogen) atoms. The molecule has 0 heterocycles. The average molecular weight is 278 g/mol. The molecule has 0 aromatic heterocycles. The van der Waals surface area contributed by atoms with Crippen LogP contribution in [0.4, 0.5) is 5.69 Å². The van der Waals surface area contributed by atoms with E-state index in [-0.39, 0.29) is 0 Å². The molecule has 0 saturated carbocycles. The summed E-state index contributed by atoms with van der Waals surface area (Å²) in [5.74, 6) is 0. The lowest BCUT2D eigenvalue weighted by Gasteiger charge is -2.27. The van der Waals surface area contributed by atoms with Gasteiger partial charge in [-0.25, -0.2) is 0 Å². The van der Waals surface area contributed by atoms with Crippen LogP contribution >= 0.6 is 12.2 Å². The molecular weight excluding hydrogens is 252 g/mol. The molecule has 2 N–H and O–H groups in total. The maximum absolute atomic E-state index is 5.88. The van der Waals surface area contributed by atoms with E-state index >= 15 is 0 Å². The molecule has 1 rings (SSSR count). The lowest BCUT2D eigenvalue weighted by Crippen LogP contribution is -2.28. The maximum Gasteiger partial charge on any atom is 0.106 e. The van der Waals surface area contributed by atoms with Crippen LogP contribution in [-0.4, -0.2) is 18.1 Å². The van der Waals surface area contributed by atoms with Gasteiger partial charge in [0.15, 0.2) is 0 Å². The quantitative estimate of drug-likeness (QED) is 0.728. The van der Waals surface area contributed by atoms with Gasteiger partial charge in [-0.15, -0.1) is 0 Å². The largest absolute Gasteiger partial charge is 0.389 e. The number of benzene rings is 1. The van der Waals surface area contributed by atoms with Crippen molar-refractivity contribution in [1.82, 2.24) is 0 Å². The predicted octanol–water partition coefficient (Wildman–Crippen LogP) is 4.04. The van der Waals surface area contributed by atoms with Gasteiger partial charge >= 0.3 is 0 Å². The number of rotatable bonds is 8. The van der Waals surface area contributed by atoms with E-state index in [4.69, 9.17) is 18.0 Å². The second kappa shape index (κ2) is 8.16. The van der Waals surface area contributed by atoms with Crippen LogP contribution in [-0.2, 0) is 0 Å². The first-order valence-corrected chi connectivity index (χ1v) is 7.66. The Hall–Kier alpha value is -1.09. The van der Waals surface area contributed by atoms with Gasteiger partial charge in [-0.1, -0.05) is 50.5 Å². The number of aryl methyl sites for hydroxylation is 1. The highest BCUT2D eigenvalue weighted by atomic mass is 32.1. The third kappa shape index (κ3) is 4.83. The molecule has 0 fully saturated rings. The number of nitrogens with two attached hydrogens (primary N) is 1. The van der Waals surface area contributed by atoms with Crippen molar-refractivity contribution in [2.24, 2.45) is 5.73 Å². The second-order valence-electron chi connectivity index (χ2n) is 5.08. The molecule has 0 unspecified atom stereocenters. The van der Waals surface area contributed by atoms with Crippen LogP contribution in [0, 0.1) is 6.92 Å². The van der Waals surface area contributed by atoms with Gasteiger partial charge in [0.2, 0.25) is 0 Å². The topological polar surface area (TPSA) is 29.3 Å². The van der Waals surface area contributed by atoms with Crippen LogP contribution in [0.15, 0.2) is 18.2 Å². The molecule has 0 aliphatic heterocycles. The Morgan fingerprint density at radius 3 is 2.21 bits per heavy atom. The summed E-state index contributed by atoms with van der Waals surface area (Å²) in [7, 11) is 0. The number of anilines is 1. The number of thiocarbonyl (C=S) groups is 1. The minimum Gasteiger partial charge on any atom is -0.389 e. The van der Waals surface area contributed by atoms with Crippen molar-refractivity contribution in [3.8, 4) is 0 Å². The Labute approximate surface area is 123 Å². The predicted molar refractivity (Wildman–Crippen MR) is 89.1 cm³/mol. The van der Waals surface area contributed by atoms with Crippen molar-refractivity contribution < 1.29 is 0 Å². The van der Waals surface area contributed by atoms with E-state index in [2.05, 4.69) is 43.9 Å². The third-order valence-electron chi connectivity index (χ3n) is 3.32. The molecule has 106 valence electrons. The Morgan fingerprint density at radius 2 is 1.74 bits per heavy atom. The van der Waals surface area contributed by atoms with E-state index in [1.165, 1.54) is 36.9 Å². The summed E-state index contributed by atoms with van der Waals surface area (Å²) in [4.78, 5) is 2.93. The average Bonchev–Trinajstić information content (AvgIpc) is 2.39. The van der Waals surface area contributed by atoms with E-state index in [9.17, 15) is 0 Å². The van der Waals surface area contributed by atoms with E-state index in [1.807, 2.05) is 0 Å². The lowest BCUT2D eigenvalue weighted by atomic mass is 10.1. The fourth-order valence-electron chi connectivity index (χ4n) is 2.17. The molecule has 0 bridgehead atoms. The van der Waals surface area contributed by atoms with Crippen LogP contribution in [0.3, 0.4) is 0 Å². The normalized spacial score (nSPS) is 10.5. The number of hydrogen-bond acceptors (Lipinski definition) is 2. The monoisotopic (exact) mass is 278 g/mol. The summed E-state index contributed by atoms with van der Waals surface area (Å²) < 4.78 is 0. The van der Waals surface area contributed by atoms with Crippen molar-refractivity contribution in [2.45, 2.75) is 46.5 Å². The van der Waals surface area contributed by atoms with Gasteiger partial charge in [0.1, 0.15) is 4.99 Å². The summed E-state index contributed by atoms with van der Waals surface area (Å²) in [5.41, 5.74) is 9.30. The van der Waals surface area contributed by atoms with Gasteiger partial charge in [-0.2, -0.15) is 0 Å². The van der Waals surface area contributed by atoms with Gasteiger partial charge in [0.05, 0.1) is 0 Å². The fourth-order valence-corrected chi connectivity index (χ4v) is 2.34. The second-order valence-corrected chi connectivity index (χ2v) is 5.52. The number of nitrogens with zero attached hydrogens (tertiary/aromatic N) is 1. The first kappa shape index (κ1) is 16.0. The minimum absolute atomic E-state index is 0.497. The molecule has 3 heteroatoms. The van der Waals surface area contributed by atoms with Crippen molar-refractivity contribution in [3.05, 3.63) is 29.3 Å². The molecule has 1 aromatic rings.